The largest absolute Gasteiger partial charge is 0.466 e. The topological polar surface area (TPSA) is 117 Å². The summed E-state index contributed by atoms with van der Waals surface area (Å²) in [6.45, 7) is 3.00. The van der Waals surface area contributed by atoms with Crippen molar-refractivity contribution in [1.29, 1.82) is 5.26 Å². The summed E-state index contributed by atoms with van der Waals surface area (Å²) < 4.78 is 11.3. The van der Waals surface area contributed by atoms with E-state index in [0.717, 1.165) is 0 Å². The number of nitriles is 1. The van der Waals surface area contributed by atoms with Crippen LogP contribution in [0.15, 0.2) is 36.4 Å². The third-order valence-electron chi connectivity index (χ3n) is 7.21. The number of hydrogen-bond acceptors (Lipinski definition) is 7. The Bertz CT molecular complexity index is 1220. The summed E-state index contributed by atoms with van der Waals surface area (Å²) in [5.74, 6) is -2.89. The van der Waals surface area contributed by atoms with Crippen LogP contribution in [0.1, 0.15) is 32.3 Å². The van der Waals surface area contributed by atoms with Crippen molar-refractivity contribution in [3.63, 3.8) is 0 Å². The minimum absolute atomic E-state index is 0.0304. The molecule has 0 radical (unpaired) electrons. The molecule has 2 bridgehead atoms. The first-order chi connectivity index (χ1) is 15.2. The lowest BCUT2D eigenvalue weighted by atomic mass is 9.66. The number of carbonyl (C=O) groups is 3. The molecule has 3 saturated heterocycles. The molecule has 164 valence electrons. The van der Waals surface area contributed by atoms with E-state index in [2.05, 4.69) is 6.07 Å². The van der Waals surface area contributed by atoms with Crippen LogP contribution in [0.5, 0.6) is 0 Å². The quantitative estimate of drug-likeness (QED) is 0.578. The summed E-state index contributed by atoms with van der Waals surface area (Å²) in [6, 6.07) is 12.5. The number of imide groups is 1. The van der Waals surface area contributed by atoms with Crippen molar-refractivity contribution in [1.82, 2.24) is 0 Å². The number of fused-ring (bicyclic) bond motifs is 6. The van der Waals surface area contributed by atoms with Crippen LogP contribution in [-0.2, 0) is 23.9 Å². The van der Waals surface area contributed by atoms with Crippen molar-refractivity contribution in [2.45, 2.75) is 44.0 Å². The lowest BCUT2D eigenvalue weighted by molar-refractivity contribution is -0.144. The highest BCUT2D eigenvalue weighted by atomic mass is 16.6. The van der Waals surface area contributed by atoms with Crippen LogP contribution < -0.4 is 4.90 Å². The number of ether oxygens (including phenoxy) is 2. The molecule has 3 heterocycles. The number of amides is 2. The number of anilines is 1. The minimum atomic E-state index is -1.20. The average Bonchev–Trinajstić information content (AvgIpc) is 3.29. The first kappa shape index (κ1) is 20.6. The van der Waals surface area contributed by atoms with Gasteiger partial charge in [0.2, 0.25) is 11.8 Å². The monoisotopic (exact) mass is 434 g/mol. The number of carbonyl (C=O) groups excluding carboxylic acids is 3. The Morgan fingerprint density at radius 2 is 1.91 bits per heavy atom. The van der Waals surface area contributed by atoms with E-state index in [4.69, 9.17) is 9.47 Å². The van der Waals surface area contributed by atoms with Crippen LogP contribution >= 0.6 is 0 Å². The lowest BCUT2D eigenvalue weighted by Gasteiger charge is -2.33. The van der Waals surface area contributed by atoms with E-state index in [1.165, 1.54) is 11.8 Å². The van der Waals surface area contributed by atoms with Gasteiger partial charge in [0.15, 0.2) is 0 Å². The maximum atomic E-state index is 13.7. The number of aliphatic hydroxyl groups excluding tert-OH is 1. The second kappa shape index (κ2) is 6.86. The Labute approximate surface area is 184 Å². The molecule has 0 aromatic heterocycles. The van der Waals surface area contributed by atoms with Gasteiger partial charge >= 0.3 is 5.97 Å². The molecule has 5 atom stereocenters. The van der Waals surface area contributed by atoms with Gasteiger partial charge in [-0.25, -0.2) is 4.90 Å². The molecule has 8 heteroatoms. The van der Waals surface area contributed by atoms with Crippen molar-refractivity contribution < 1.29 is 29.0 Å². The van der Waals surface area contributed by atoms with Crippen molar-refractivity contribution in [3.8, 4) is 6.07 Å². The first-order valence-corrected chi connectivity index (χ1v) is 10.5. The zero-order valence-electron chi connectivity index (χ0n) is 17.7. The lowest BCUT2D eigenvalue weighted by Crippen LogP contribution is -2.49. The van der Waals surface area contributed by atoms with Crippen molar-refractivity contribution in [3.05, 3.63) is 42.0 Å². The maximum absolute atomic E-state index is 13.7. The van der Waals surface area contributed by atoms with E-state index in [1.54, 1.807) is 43.3 Å². The molecule has 5 rings (SSSR count). The van der Waals surface area contributed by atoms with E-state index >= 15 is 0 Å². The van der Waals surface area contributed by atoms with Gasteiger partial charge in [-0.05, 0) is 19.1 Å². The molecule has 3 fully saturated rings. The van der Waals surface area contributed by atoms with Crippen LogP contribution in [0.3, 0.4) is 0 Å². The molecule has 3 aliphatic rings. The normalized spacial score (nSPS) is 32.9. The average molecular weight is 434 g/mol. The molecule has 2 amide bonds. The molecule has 0 spiro atoms. The van der Waals surface area contributed by atoms with Gasteiger partial charge in [0.25, 0.3) is 0 Å². The molecule has 3 aliphatic heterocycles. The summed E-state index contributed by atoms with van der Waals surface area (Å²) in [4.78, 5) is 39.8. The highest BCUT2D eigenvalue weighted by Gasteiger charge is 2.77. The Kier molecular flexibility index (Phi) is 4.42. The first-order valence-electron chi connectivity index (χ1n) is 10.5. The summed E-state index contributed by atoms with van der Waals surface area (Å²) in [6.07, 6.45) is -0.524. The molecule has 1 N–H and O–H groups in total. The fourth-order valence-electron chi connectivity index (χ4n) is 5.80. The van der Waals surface area contributed by atoms with Gasteiger partial charge in [-0.15, -0.1) is 0 Å². The zero-order chi connectivity index (χ0) is 22.8. The van der Waals surface area contributed by atoms with Gasteiger partial charge in [0.05, 0.1) is 47.5 Å². The number of esters is 1. The van der Waals surface area contributed by atoms with Crippen LogP contribution in [0.4, 0.5) is 5.69 Å². The van der Waals surface area contributed by atoms with E-state index in [0.29, 0.717) is 22.0 Å². The highest BCUT2D eigenvalue weighted by molar-refractivity contribution is 6.26. The molecule has 3 unspecified atom stereocenters. The van der Waals surface area contributed by atoms with E-state index in [-0.39, 0.29) is 19.4 Å². The van der Waals surface area contributed by atoms with Gasteiger partial charge in [-0.3, -0.25) is 14.4 Å². The number of hydrogen-bond donors (Lipinski definition) is 1. The second-order valence-corrected chi connectivity index (χ2v) is 8.92. The van der Waals surface area contributed by atoms with Crippen LogP contribution in [-0.4, -0.2) is 46.8 Å². The fraction of sp³-hybridized carbons (Fsp3) is 0.417. The van der Waals surface area contributed by atoms with E-state index in [1.807, 2.05) is 0 Å². The maximum Gasteiger partial charge on any atom is 0.302 e. The fourth-order valence-corrected chi connectivity index (χ4v) is 5.80. The van der Waals surface area contributed by atoms with Crippen molar-refractivity contribution >= 4 is 34.2 Å². The Morgan fingerprint density at radius 1 is 1.22 bits per heavy atom. The van der Waals surface area contributed by atoms with E-state index in [9.17, 15) is 24.8 Å². The third kappa shape index (κ3) is 2.58. The molecule has 32 heavy (non-hydrogen) atoms. The second-order valence-electron chi connectivity index (χ2n) is 8.92. The molecule has 2 aromatic carbocycles. The smallest absolute Gasteiger partial charge is 0.302 e. The van der Waals surface area contributed by atoms with Crippen molar-refractivity contribution in [2.24, 2.45) is 11.8 Å². The molecule has 0 saturated carbocycles. The standard InChI is InChI=1S/C24H22N2O6/c1-13(27)31-10-9-24-11-18(28)23(2,32-24)19-20(24)22(30)26(21(19)29)17-8-7-14(12-25)15-5-3-4-6-16(15)17/h3-8,18-20,28H,9-11H2,1-2H3/t18-,19?,20+,23?,24?/m1/s1. The molecule has 2 aromatic rings. The summed E-state index contributed by atoms with van der Waals surface area (Å²) in [5.41, 5.74) is -1.42. The SMILES string of the molecule is CC(=O)OCCC12C[C@@H](O)C(C)(O1)C1C(=O)N(c3ccc(C#N)c4ccccc34)C(=O)[C@H]12. The number of rotatable bonds is 4. The van der Waals surface area contributed by atoms with Gasteiger partial charge in [0.1, 0.15) is 5.60 Å². The van der Waals surface area contributed by atoms with Gasteiger partial charge < -0.3 is 14.6 Å². The van der Waals surface area contributed by atoms with Crippen LogP contribution in [0.2, 0.25) is 0 Å². The summed E-state index contributed by atoms with van der Waals surface area (Å²) >= 11 is 0. The van der Waals surface area contributed by atoms with Crippen LogP contribution in [0, 0.1) is 23.2 Å². The molecule has 8 nitrogen and oxygen atoms in total. The Morgan fingerprint density at radius 3 is 2.59 bits per heavy atom. The number of aliphatic hydroxyl groups is 1. The minimum Gasteiger partial charge on any atom is -0.466 e. The Hall–Kier alpha value is -3.28. The van der Waals surface area contributed by atoms with E-state index < -0.39 is 46.9 Å². The molecular formula is C24H22N2O6. The third-order valence-corrected chi connectivity index (χ3v) is 7.21. The van der Waals surface area contributed by atoms with Gasteiger partial charge in [0, 0.05) is 30.5 Å². The van der Waals surface area contributed by atoms with Gasteiger partial charge in [-0.2, -0.15) is 5.26 Å². The Balaban J connectivity index is 1.59. The number of nitrogens with zero attached hydrogens (tertiary/aromatic N) is 2. The zero-order valence-corrected chi connectivity index (χ0v) is 17.7. The van der Waals surface area contributed by atoms with Crippen LogP contribution in [0.25, 0.3) is 10.8 Å². The molecule has 0 aliphatic carbocycles. The predicted octanol–water partition coefficient (Wildman–Crippen LogP) is 2.06. The summed E-state index contributed by atoms with van der Waals surface area (Å²) in [5, 5.41) is 21.5. The van der Waals surface area contributed by atoms with Crippen molar-refractivity contribution in [2.75, 3.05) is 11.5 Å². The highest BCUT2D eigenvalue weighted by Crippen LogP contribution is 2.62. The molecular weight excluding hydrogens is 412 g/mol. The number of benzene rings is 2. The predicted molar refractivity (Wildman–Crippen MR) is 112 cm³/mol. The summed E-state index contributed by atoms with van der Waals surface area (Å²) in [7, 11) is 0. The van der Waals surface area contributed by atoms with Gasteiger partial charge in [-0.1, -0.05) is 24.3 Å².